The van der Waals surface area contributed by atoms with Crippen molar-refractivity contribution in [3.05, 3.63) is 65.2 Å². The number of piperazine rings is 1. The number of sulfonamides is 1. The highest BCUT2D eigenvalue weighted by Crippen LogP contribution is 2.14. The first kappa shape index (κ1) is 20.0. The van der Waals surface area contributed by atoms with Crippen LogP contribution in [-0.2, 0) is 10.0 Å². The fourth-order valence-electron chi connectivity index (χ4n) is 3.64. The highest BCUT2D eigenvalue weighted by molar-refractivity contribution is 7.89. The van der Waals surface area contributed by atoms with Gasteiger partial charge in [0.2, 0.25) is 10.0 Å². The number of likely N-dealkylation sites (N-methyl/N-ethyl adjacent to an activating group) is 1. The predicted molar refractivity (Wildman–Crippen MR) is 108 cm³/mol. The molecule has 146 valence electrons. The maximum absolute atomic E-state index is 12.7. The predicted octanol–water partition coefficient (Wildman–Crippen LogP) is -0.264. The summed E-state index contributed by atoms with van der Waals surface area (Å²) in [7, 11) is -1.29. The lowest BCUT2D eigenvalue weighted by molar-refractivity contribution is -1.02. The molecule has 1 heterocycles. The molecule has 0 aliphatic carbocycles. The molecule has 1 aliphatic rings. The van der Waals surface area contributed by atoms with Crippen molar-refractivity contribution in [2.24, 2.45) is 0 Å². The lowest BCUT2D eigenvalue weighted by atomic mass is 10.0. The smallest absolute Gasteiger partial charge is 0.240 e. The van der Waals surface area contributed by atoms with Gasteiger partial charge in [-0.15, -0.1) is 0 Å². The van der Waals surface area contributed by atoms with Gasteiger partial charge in [0, 0.05) is 5.56 Å². The fourth-order valence-corrected chi connectivity index (χ4v) is 4.68. The van der Waals surface area contributed by atoms with Gasteiger partial charge in [-0.25, -0.2) is 13.1 Å². The molecule has 0 aromatic heterocycles. The third-order valence-corrected chi connectivity index (χ3v) is 6.97. The summed E-state index contributed by atoms with van der Waals surface area (Å²) in [5, 5.41) is 0. The number of hydrogen-bond donors (Lipinski definition) is 3. The third-order valence-electron chi connectivity index (χ3n) is 5.53. The fraction of sp³-hybridized carbons (Fsp3) is 0.429. The molecule has 0 spiro atoms. The van der Waals surface area contributed by atoms with Crippen LogP contribution in [0.5, 0.6) is 0 Å². The number of nitrogens with one attached hydrogen (secondary N) is 3. The summed E-state index contributed by atoms with van der Waals surface area (Å²) in [6, 6.07) is 15.6. The van der Waals surface area contributed by atoms with Gasteiger partial charge in [0.1, 0.15) is 32.2 Å². The first-order valence-electron chi connectivity index (χ1n) is 9.64. The van der Waals surface area contributed by atoms with Gasteiger partial charge in [0.05, 0.1) is 18.5 Å². The summed E-state index contributed by atoms with van der Waals surface area (Å²) < 4.78 is 28.3. The molecule has 3 rings (SSSR count). The topological polar surface area (TPSA) is 55.0 Å². The van der Waals surface area contributed by atoms with Crippen LogP contribution in [0.15, 0.2) is 53.4 Å². The minimum absolute atomic E-state index is 0.124. The van der Waals surface area contributed by atoms with E-state index in [1.165, 1.54) is 16.0 Å². The second-order valence-electron chi connectivity index (χ2n) is 7.74. The monoisotopic (exact) mass is 389 g/mol. The number of aryl methyl sites for hydroxylation is 2. The van der Waals surface area contributed by atoms with Gasteiger partial charge >= 0.3 is 0 Å². The Morgan fingerprint density at radius 3 is 1.96 bits per heavy atom. The molecule has 0 saturated carbocycles. The highest BCUT2D eigenvalue weighted by Gasteiger charge is 2.30. The summed E-state index contributed by atoms with van der Waals surface area (Å²) >= 11 is 0. The van der Waals surface area contributed by atoms with E-state index in [9.17, 15) is 8.42 Å². The summed E-state index contributed by atoms with van der Waals surface area (Å²) in [6.07, 6.45) is 0. The van der Waals surface area contributed by atoms with Crippen molar-refractivity contribution in [3.63, 3.8) is 0 Å². The zero-order valence-electron chi connectivity index (χ0n) is 16.5. The van der Waals surface area contributed by atoms with Crippen LogP contribution in [0.2, 0.25) is 0 Å². The Morgan fingerprint density at radius 2 is 1.41 bits per heavy atom. The summed E-state index contributed by atoms with van der Waals surface area (Å²) in [6.45, 7) is 8.77. The summed E-state index contributed by atoms with van der Waals surface area (Å²) in [5.41, 5.74) is 3.47. The Balaban J connectivity index is 1.78. The second kappa shape index (κ2) is 8.52. The van der Waals surface area contributed by atoms with E-state index in [4.69, 9.17) is 0 Å². The Labute approximate surface area is 163 Å². The average Bonchev–Trinajstić information content (AvgIpc) is 2.65. The quantitative estimate of drug-likeness (QED) is 0.638. The lowest BCUT2D eigenvalue weighted by Gasteiger charge is -2.33. The van der Waals surface area contributed by atoms with Gasteiger partial charge in [-0.05, 0) is 26.0 Å². The highest BCUT2D eigenvalue weighted by atomic mass is 32.2. The van der Waals surface area contributed by atoms with Crippen LogP contribution in [0.1, 0.15) is 22.7 Å². The maximum atomic E-state index is 12.7. The Bertz CT molecular complexity index is 840. The van der Waals surface area contributed by atoms with Gasteiger partial charge in [0.25, 0.3) is 0 Å². The van der Waals surface area contributed by atoms with Gasteiger partial charge in [-0.2, -0.15) is 0 Å². The molecular weight excluding hydrogens is 358 g/mol. The summed E-state index contributed by atoms with van der Waals surface area (Å²) in [5.74, 6) is 0. The van der Waals surface area contributed by atoms with Gasteiger partial charge in [0.15, 0.2) is 0 Å². The third kappa shape index (κ3) is 5.17. The zero-order chi connectivity index (χ0) is 19.4. The lowest BCUT2D eigenvalue weighted by Crippen LogP contribution is -3.27. The number of rotatable bonds is 6. The maximum Gasteiger partial charge on any atom is 0.240 e. The minimum atomic E-state index is -3.51. The van der Waals surface area contributed by atoms with Gasteiger partial charge < -0.3 is 9.80 Å². The molecule has 1 aliphatic heterocycles. The van der Waals surface area contributed by atoms with E-state index in [1.807, 2.05) is 19.1 Å². The molecule has 1 atom stereocenters. The molecule has 3 N–H and O–H groups in total. The Kier molecular flexibility index (Phi) is 6.32. The molecule has 0 radical (unpaired) electrons. The van der Waals surface area contributed by atoms with Crippen molar-refractivity contribution in [1.29, 1.82) is 0 Å². The van der Waals surface area contributed by atoms with Gasteiger partial charge in [-0.1, -0.05) is 47.5 Å². The zero-order valence-corrected chi connectivity index (χ0v) is 17.3. The largest absolute Gasteiger partial charge is 0.328 e. The normalized spacial score (nSPS) is 21.7. The number of hydrogen-bond acceptors (Lipinski definition) is 2. The molecule has 0 unspecified atom stereocenters. The molecular formula is C21H31N3O2S+2. The van der Waals surface area contributed by atoms with E-state index < -0.39 is 10.0 Å². The molecule has 1 fully saturated rings. The van der Waals surface area contributed by atoms with Crippen LogP contribution < -0.4 is 14.5 Å². The molecule has 2 aromatic rings. The molecule has 0 bridgehead atoms. The molecule has 2 aromatic carbocycles. The molecule has 0 amide bonds. The van der Waals surface area contributed by atoms with E-state index in [0.717, 1.165) is 31.7 Å². The number of quaternary nitrogens is 2. The van der Waals surface area contributed by atoms with Crippen molar-refractivity contribution >= 4 is 10.0 Å². The van der Waals surface area contributed by atoms with Crippen molar-refractivity contribution in [2.45, 2.75) is 24.8 Å². The van der Waals surface area contributed by atoms with Crippen LogP contribution in [0.25, 0.3) is 0 Å². The van der Waals surface area contributed by atoms with Crippen molar-refractivity contribution < 1.29 is 18.2 Å². The van der Waals surface area contributed by atoms with Crippen molar-refractivity contribution in [2.75, 3.05) is 39.8 Å². The van der Waals surface area contributed by atoms with E-state index in [2.05, 4.69) is 43.0 Å². The number of benzene rings is 2. The van der Waals surface area contributed by atoms with Crippen LogP contribution >= 0.6 is 0 Å². The van der Waals surface area contributed by atoms with Gasteiger partial charge in [-0.3, -0.25) is 0 Å². The first-order valence-corrected chi connectivity index (χ1v) is 11.1. The Morgan fingerprint density at radius 1 is 0.889 bits per heavy atom. The molecule has 1 saturated heterocycles. The van der Waals surface area contributed by atoms with Crippen LogP contribution in [0.3, 0.4) is 0 Å². The van der Waals surface area contributed by atoms with Crippen LogP contribution in [0.4, 0.5) is 0 Å². The SMILES string of the molecule is Cc1ccc([C@H](CNS(=O)(=O)c2ccc(C)cc2)[NH+]2CC[NH+](C)CC2)cc1. The standard InChI is InChI=1S/C21H29N3O2S/c1-17-4-8-19(9-5-17)21(24-14-12-23(3)13-15-24)16-22-27(25,26)20-10-6-18(2)7-11-20/h4-11,21-22H,12-16H2,1-3H3/p+2/t21-/m0/s1. The van der Waals surface area contributed by atoms with Crippen LogP contribution in [-0.4, -0.2) is 48.2 Å². The molecule has 6 heteroatoms. The van der Waals surface area contributed by atoms with Crippen molar-refractivity contribution in [3.8, 4) is 0 Å². The molecule has 27 heavy (non-hydrogen) atoms. The molecule has 5 nitrogen and oxygen atoms in total. The van der Waals surface area contributed by atoms with Crippen molar-refractivity contribution in [1.82, 2.24) is 4.72 Å². The van der Waals surface area contributed by atoms with E-state index in [-0.39, 0.29) is 6.04 Å². The van der Waals surface area contributed by atoms with Crippen LogP contribution in [0, 0.1) is 13.8 Å². The summed E-state index contributed by atoms with van der Waals surface area (Å²) in [4.78, 5) is 3.33. The Hall–Kier alpha value is -1.73. The van der Waals surface area contributed by atoms with E-state index >= 15 is 0 Å². The minimum Gasteiger partial charge on any atom is -0.328 e. The van der Waals surface area contributed by atoms with E-state index in [0.29, 0.717) is 11.4 Å². The second-order valence-corrected chi connectivity index (χ2v) is 9.51. The van der Waals surface area contributed by atoms with E-state index in [1.54, 1.807) is 17.0 Å². The average molecular weight is 390 g/mol. The first-order chi connectivity index (χ1) is 12.8.